The minimum Gasteiger partial charge on any atom is -0.379 e. The molecule has 1 aliphatic heterocycles. The van der Waals surface area contributed by atoms with Crippen molar-refractivity contribution in [3.8, 4) is 0 Å². The summed E-state index contributed by atoms with van der Waals surface area (Å²) in [5, 5.41) is 2.47. The molecule has 0 bridgehead atoms. The minimum absolute atomic E-state index is 0.0425. The molecule has 1 saturated heterocycles. The summed E-state index contributed by atoms with van der Waals surface area (Å²) in [5.74, 6) is -0.211. The number of sulfone groups is 1. The molecule has 0 aromatic heterocycles. The van der Waals surface area contributed by atoms with Crippen LogP contribution in [0.3, 0.4) is 0 Å². The molecule has 1 aromatic carbocycles. The van der Waals surface area contributed by atoms with Crippen molar-refractivity contribution in [1.29, 1.82) is 0 Å². The first-order chi connectivity index (χ1) is 10.1. The Balaban J connectivity index is 2.12. The van der Waals surface area contributed by atoms with E-state index in [1.165, 1.54) is 12.1 Å². The lowest BCUT2D eigenvalue weighted by Gasteiger charge is -2.25. The van der Waals surface area contributed by atoms with Crippen molar-refractivity contribution in [2.45, 2.75) is 43.9 Å². The maximum atomic E-state index is 12.3. The van der Waals surface area contributed by atoms with Gasteiger partial charge in [-0.15, -0.1) is 0 Å². The molecule has 1 aliphatic rings. The van der Waals surface area contributed by atoms with Gasteiger partial charge in [-0.25, -0.2) is 8.42 Å². The van der Waals surface area contributed by atoms with Crippen molar-refractivity contribution < 1.29 is 17.9 Å². The molecular weight excluding hydrogens is 302 g/mol. The molecule has 0 radical (unpaired) electrons. The second-order valence-corrected chi connectivity index (χ2v) is 9.15. The Hall–Kier alpha value is -1.40. The summed E-state index contributed by atoms with van der Waals surface area (Å²) in [4.78, 5) is 12.5. The standard InChI is InChI=1S/C16H23NO4S/c1-11(2)22(19,20)13-7-5-12(6-8-13)15(18)17-14-9-21-10-16(14,3)4/h5-8,11,14H,9-10H2,1-4H3,(H,17,18). The first-order valence-electron chi connectivity index (χ1n) is 7.37. The highest BCUT2D eigenvalue weighted by molar-refractivity contribution is 7.92. The summed E-state index contributed by atoms with van der Waals surface area (Å²) in [5.41, 5.74) is 0.349. The fourth-order valence-electron chi connectivity index (χ4n) is 2.31. The van der Waals surface area contributed by atoms with Gasteiger partial charge in [-0.1, -0.05) is 13.8 Å². The zero-order chi connectivity index (χ0) is 16.5. The van der Waals surface area contributed by atoms with Gasteiger partial charge in [0.25, 0.3) is 5.91 Å². The van der Waals surface area contributed by atoms with Gasteiger partial charge in [-0.3, -0.25) is 4.79 Å². The molecule has 1 amide bonds. The monoisotopic (exact) mass is 325 g/mol. The van der Waals surface area contributed by atoms with E-state index in [0.717, 1.165) is 0 Å². The van der Waals surface area contributed by atoms with Crippen LogP contribution in [0.4, 0.5) is 0 Å². The Morgan fingerprint density at radius 3 is 2.32 bits per heavy atom. The molecule has 1 heterocycles. The predicted molar refractivity (Wildman–Crippen MR) is 84.6 cm³/mol. The third-order valence-electron chi connectivity index (χ3n) is 4.07. The lowest BCUT2D eigenvalue weighted by atomic mass is 9.88. The highest BCUT2D eigenvalue weighted by Crippen LogP contribution is 2.27. The average molecular weight is 325 g/mol. The van der Waals surface area contributed by atoms with Gasteiger partial charge in [0, 0.05) is 11.0 Å². The van der Waals surface area contributed by atoms with Crippen LogP contribution in [0.5, 0.6) is 0 Å². The number of benzene rings is 1. The van der Waals surface area contributed by atoms with Gasteiger partial charge >= 0.3 is 0 Å². The van der Waals surface area contributed by atoms with E-state index < -0.39 is 15.1 Å². The lowest BCUT2D eigenvalue weighted by Crippen LogP contribution is -2.44. The second kappa shape index (κ2) is 6.01. The second-order valence-electron chi connectivity index (χ2n) is 6.65. The van der Waals surface area contributed by atoms with Gasteiger partial charge in [-0.2, -0.15) is 0 Å². The van der Waals surface area contributed by atoms with Crippen molar-refractivity contribution >= 4 is 15.7 Å². The van der Waals surface area contributed by atoms with Crippen LogP contribution in [0.2, 0.25) is 0 Å². The van der Waals surface area contributed by atoms with Crippen LogP contribution >= 0.6 is 0 Å². The van der Waals surface area contributed by atoms with Gasteiger partial charge in [0.2, 0.25) is 0 Å². The van der Waals surface area contributed by atoms with Crippen LogP contribution in [0.15, 0.2) is 29.2 Å². The van der Waals surface area contributed by atoms with Crippen LogP contribution in [0.25, 0.3) is 0 Å². The van der Waals surface area contributed by atoms with Gasteiger partial charge in [0.05, 0.1) is 29.4 Å². The zero-order valence-corrected chi connectivity index (χ0v) is 14.2. The highest BCUT2D eigenvalue weighted by Gasteiger charge is 2.36. The van der Waals surface area contributed by atoms with E-state index in [2.05, 4.69) is 5.32 Å². The summed E-state index contributed by atoms with van der Waals surface area (Å²) >= 11 is 0. The average Bonchev–Trinajstić information content (AvgIpc) is 2.77. The SMILES string of the molecule is CC(C)S(=O)(=O)c1ccc(C(=O)NC2COCC2(C)C)cc1. The first kappa shape index (κ1) is 17.0. The number of ether oxygens (including phenoxy) is 1. The van der Waals surface area contributed by atoms with E-state index in [1.54, 1.807) is 26.0 Å². The molecule has 1 N–H and O–H groups in total. The van der Waals surface area contributed by atoms with E-state index in [9.17, 15) is 13.2 Å². The summed E-state index contributed by atoms with van der Waals surface area (Å²) in [6.07, 6.45) is 0. The van der Waals surface area contributed by atoms with Crippen LogP contribution < -0.4 is 5.32 Å². The number of carbonyl (C=O) groups excluding carboxylic acids is 1. The van der Waals surface area contributed by atoms with Crippen LogP contribution in [-0.4, -0.2) is 38.8 Å². The first-order valence-corrected chi connectivity index (χ1v) is 8.92. The fourth-order valence-corrected chi connectivity index (χ4v) is 3.37. The van der Waals surface area contributed by atoms with E-state index in [1.807, 2.05) is 13.8 Å². The number of amides is 1. The van der Waals surface area contributed by atoms with Gasteiger partial charge in [0.15, 0.2) is 9.84 Å². The Kier molecular flexibility index (Phi) is 4.63. The maximum absolute atomic E-state index is 12.3. The molecule has 122 valence electrons. The summed E-state index contributed by atoms with van der Waals surface area (Å²) in [6, 6.07) is 6.03. The summed E-state index contributed by atoms with van der Waals surface area (Å²) in [7, 11) is -3.31. The molecule has 1 aromatic rings. The lowest BCUT2D eigenvalue weighted by molar-refractivity contribution is 0.0915. The molecule has 22 heavy (non-hydrogen) atoms. The fraction of sp³-hybridized carbons (Fsp3) is 0.562. The molecular formula is C16H23NO4S. The number of hydrogen-bond donors (Lipinski definition) is 1. The summed E-state index contributed by atoms with van der Waals surface area (Å²) in [6.45, 7) is 8.48. The number of hydrogen-bond acceptors (Lipinski definition) is 4. The van der Waals surface area contributed by atoms with Crippen LogP contribution in [0, 0.1) is 5.41 Å². The van der Waals surface area contributed by atoms with Crippen molar-refractivity contribution in [3.63, 3.8) is 0 Å². The molecule has 1 unspecified atom stereocenters. The van der Waals surface area contributed by atoms with E-state index in [4.69, 9.17) is 4.74 Å². The Morgan fingerprint density at radius 2 is 1.86 bits per heavy atom. The molecule has 0 saturated carbocycles. The summed E-state index contributed by atoms with van der Waals surface area (Å²) < 4.78 is 29.5. The molecule has 0 spiro atoms. The normalized spacial score (nSPS) is 21.0. The quantitative estimate of drug-likeness (QED) is 0.919. The minimum atomic E-state index is -3.31. The number of carbonyl (C=O) groups is 1. The molecule has 1 atom stereocenters. The van der Waals surface area contributed by atoms with Crippen molar-refractivity contribution in [2.24, 2.45) is 5.41 Å². The Bertz CT molecular complexity index is 647. The predicted octanol–water partition coefficient (Wildman–Crippen LogP) is 2.02. The largest absolute Gasteiger partial charge is 0.379 e. The molecule has 5 nitrogen and oxygen atoms in total. The van der Waals surface area contributed by atoms with Crippen molar-refractivity contribution in [1.82, 2.24) is 5.32 Å². The van der Waals surface area contributed by atoms with Gasteiger partial charge in [-0.05, 0) is 38.1 Å². The Labute approximate surface area is 132 Å². The number of rotatable bonds is 4. The van der Waals surface area contributed by atoms with Gasteiger partial charge in [0.1, 0.15) is 0 Å². The highest BCUT2D eigenvalue weighted by atomic mass is 32.2. The molecule has 2 rings (SSSR count). The number of nitrogens with one attached hydrogen (secondary N) is 1. The maximum Gasteiger partial charge on any atom is 0.251 e. The van der Waals surface area contributed by atoms with Gasteiger partial charge < -0.3 is 10.1 Å². The van der Waals surface area contributed by atoms with Crippen molar-refractivity contribution in [3.05, 3.63) is 29.8 Å². The third-order valence-corrected chi connectivity index (χ3v) is 6.24. The smallest absolute Gasteiger partial charge is 0.251 e. The zero-order valence-electron chi connectivity index (χ0n) is 13.4. The van der Waals surface area contributed by atoms with E-state index in [0.29, 0.717) is 18.8 Å². The topological polar surface area (TPSA) is 72.5 Å². The third kappa shape index (κ3) is 3.33. The molecule has 0 aliphatic carbocycles. The van der Waals surface area contributed by atoms with Crippen LogP contribution in [0.1, 0.15) is 38.1 Å². The van der Waals surface area contributed by atoms with Crippen molar-refractivity contribution in [2.75, 3.05) is 13.2 Å². The Morgan fingerprint density at radius 1 is 1.27 bits per heavy atom. The van der Waals surface area contributed by atoms with E-state index in [-0.39, 0.29) is 22.3 Å². The van der Waals surface area contributed by atoms with E-state index >= 15 is 0 Å². The molecule has 6 heteroatoms. The molecule has 1 fully saturated rings. The van der Waals surface area contributed by atoms with Crippen LogP contribution in [-0.2, 0) is 14.6 Å².